The van der Waals surface area contributed by atoms with Crippen LogP contribution in [0.4, 0.5) is 0 Å². The van der Waals surface area contributed by atoms with Gasteiger partial charge >= 0.3 is 0 Å². The average molecular weight is 296 g/mol. The van der Waals surface area contributed by atoms with E-state index in [1.54, 1.807) is 12.1 Å². The van der Waals surface area contributed by atoms with E-state index < -0.39 is 0 Å². The number of nitrogens with one attached hydrogen (secondary N) is 3. The summed E-state index contributed by atoms with van der Waals surface area (Å²) in [6.45, 7) is 7.68. The number of furan rings is 1. The second kappa shape index (κ2) is 10.7. The Kier molecular flexibility index (Phi) is 8.70. The zero-order valence-electron chi connectivity index (χ0n) is 12.6. The maximum absolute atomic E-state index is 11.6. The molecule has 0 radical (unpaired) electrons. The highest BCUT2D eigenvalue weighted by Crippen LogP contribution is 1.98. The maximum Gasteiger partial charge on any atom is 0.287 e. The molecule has 7 nitrogen and oxygen atoms in total. The highest BCUT2D eigenvalue weighted by Gasteiger charge is 2.06. The van der Waals surface area contributed by atoms with Crippen LogP contribution in [0.15, 0.2) is 27.8 Å². The second-order valence-corrected chi connectivity index (χ2v) is 4.12. The van der Waals surface area contributed by atoms with E-state index in [4.69, 9.17) is 9.15 Å². The summed E-state index contributed by atoms with van der Waals surface area (Å²) in [7, 11) is 0. The van der Waals surface area contributed by atoms with Crippen molar-refractivity contribution in [3.8, 4) is 0 Å². The summed E-state index contributed by atoms with van der Waals surface area (Å²) in [6, 6.07) is 3.31. The standard InChI is InChI=1S/C14H24N4O3/c1-3-15-14(18-9-11-20-4-2)17-8-7-16-13(19)12-6-5-10-21-12/h5-6,10H,3-4,7-9,11H2,1-2H3,(H,16,19)(H2,15,17,18). The Bertz CT molecular complexity index is 418. The van der Waals surface area contributed by atoms with Gasteiger partial charge in [0, 0.05) is 26.2 Å². The molecule has 0 unspecified atom stereocenters. The number of carbonyl (C=O) groups excluding carboxylic acids is 1. The first-order valence-electron chi connectivity index (χ1n) is 7.19. The quantitative estimate of drug-likeness (QED) is 0.353. The van der Waals surface area contributed by atoms with Gasteiger partial charge < -0.3 is 25.1 Å². The first-order valence-corrected chi connectivity index (χ1v) is 7.19. The van der Waals surface area contributed by atoms with Gasteiger partial charge in [0.2, 0.25) is 0 Å². The Morgan fingerprint density at radius 2 is 2.10 bits per heavy atom. The van der Waals surface area contributed by atoms with Crippen LogP contribution in [0.25, 0.3) is 0 Å². The van der Waals surface area contributed by atoms with E-state index >= 15 is 0 Å². The third kappa shape index (κ3) is 7.36. The first kappa shape index (κ1) is 17.0. The van der Waals surface area contributed by atoms with Gasteiger partial charge in [-0.05, 0) is 26.0 Å². The number of amides is 1. The van der Waals surface area contributed by atoms with Crippen molar-refractivity contribution in [3.05, 3.63) is 24.2 Å². The minimum Gasteiger partial charge on any atom is -0.459 e. The van der Waals surface area contributed by atoms with Gasteiger partial charge in [0.05, 0.1) is 19.4 Å². The lowest BCUT2D eigenvalue weighted by molar-refractivity contribution is 0.0926. The molecular weight excluding hydrogens is 272 g/mol. The first-order chi connectivity index (χ1) is 10.3. The second-order valence-electron chi connectivity index (χ2n) is 4.12. The minimum atomic E-state index is -0.222. The van der Waals surface area contributed by atoms with Crippen LogP contribution in [-0.2, 0) is 4.74 Å². The van der Waals surface area contributed by atoms with Crippen molar-refractivity contribution < 1.29 is 13.9 Å². The maximum atomic E-state index is 11.6. The van der Waals surface area contributed by atoms with E-state index in [-0.39, 0.29) is 5.91 Å². The molecule has 0 aromatic carbocycles. The molecule has 0 bridgehead atoms. The Balaban J connectivity index is 2.22. The van der Waals surface area contributed by atoms with Gasteiger partial charge in [0.1, 0.15) is 0 Å². The Morgan fingerprint density at radius 3 is 2.76 bits per heavy atom. The van der Waals surface area contributed by atoms with Crippen LogP contribution in [0.3, 0.4) is 0 Å². The monoisotopic (exact) mass is 296 g/mol. The molecule has 0 saturated heterocycles. The van der Waals surface area contributed by atoms with Crippen molar-refractivity contribution >= 4 is 11.9 Å². The van der Waals surface area contributed by atoms with Gasteiger partial charge in [0.25, 0.3) is 5.91 Å². The number of guanidine groups is 1. The lowest BCUT2D eigenvalue weighted by Gasteiger charge is -2.11. The SMILES string of the molecule is CCNC(=NCCOCC)NCCNC(=O)c1ccco1. The fourth-order valence-corrected chi connectivity index (χ4v) is 1.56. The molecule has 0 aliphatic rings. The molecule has 0 spiro atoms. The average Bonchev–Trinajstić information content (AvgIpc) is 3.02. The number of hydrogen-bond acceptors (Lipinski definition) is 4. The van der Waals surface area contributed by atoms with Crippen molar-refractivity contribution in [1.29, 1.82) is 0 Å². The summed E-state index contributed by atoms with van der Waals surface area (Å²) < 4.78 is 10.2. The van der Waals surface area contributed by atoms with Gasteiger partial charge in [-0.25, -0.2) is 0 Å². The molecule has 0 aliphatic carbocycles. The van der Waals surface area contributed by atoms with Crippen LogP contribution in [0.2, 0.25) is 0 Å². The predicted octanol–water partition coefficient (Wildman–Crippen LogP) is 0.601. The summed E-state index contributed by atoms with van der Waals surface area (Å²) in [5.41, 5.74) is 0. The lowest BCUT2D eigenvalue weighted by atomic mass is 10.4. The van der Waals surface area contributed by atoms with Crippen LogP contribution in [0.5, 0.6) is 0 Å². The molecule has 0 aliphatic heterocycles. The molecule has 1 heterocycles. The predicted molar refractivity (Wildman–Crippen MR) is 81.5 cm³/mol. The zero-order chi connectivity index (χ0) is 15.3. The summed E-state index contributed by atoms with van der Waals surface area (Å²) in [5, 5.41) is 9.02. The van der Waals surface area contributed by atoms with E-state index in [9.17, 15) is 4.79 Å². The van der Waals surface area contributed by atoms with Crippen molar-refractivity contribution in [2.75, 3.05) is 39.4 Å². The molecule has 118 valence electrons. The Labute approximate surface area is 125 Å². The molecule has 1 amide bonds. The van der Waals surface area contributed by atoms with E-state index in [1.165, 1.54) is 6.26 Å². The lowest BCUT2D eigenvalue weighted by Crippen LogP contribution is -2.41. The molecule has 21 heavy (non-hydrogen) atoms. The van der Waals surface area contributed by atoms with Gasteiger partial charge in [0.15, 0.2) is 11.7 Å². The van der Waals surface area contributed by atoms with Crippen molar-refractivity contribution in [2.45, 2.75) is 13.8 Å². The molecular formula is C14H24N4O3. The number of aliphatic imine (C=N–C) groups is 1. The smallest absolute Gasteiger partial charge is 0.287 e. The molecule has 0 atom stereocenters. The van der Waals surface area contributed by atoms with E-state index in [1.807, 2.05) is 13.8 Å². The van der Waals surface area contributed by atoms with Crippen LogP contribution >= 0.6 is 0 Å². The highest BCUT2D eigenvalue weighted by molar-refractivity contribution is 5.91. The van der Waals surface area contributed by atoms with E-state index in [2.05, 4.69) is 20.9 Å². The summed E-state index contributed by atoms with van der Waals surface area (Å²) in [5.74, 6) is 0.803. The third-order valence-electron chi connectivity index (χ3n) is 2.50. The number of carbonyl (C=O) groups is 1. The van der Waals surface area contributed by atoms with E-state index in [0.29, 0.717) is 44.6 Å². The van der Waals surface area contributed by atoms with E-state index in [0.717, 1.165) is 6.54 Å². The van der Waals surface area contributed by atoms with Gasteiger partial charge in [-0.1, -0.05) is 0 Å². The van der Waals surface area contributed by atoms with Crippen LogP contribution in [0, 0.1) is 0 Å². The summed E-state index contributed by atoms with van der Waals surface area (Å²) in [6.07, 6.45) is 1.47. The number of ether oxygens (including phenoxy) is 1. The molecule has 0 saturated carbocycles. The largest absolute Gasteiger partial charge is 0.459 e. The topological polar surface area (TPSA) is 87.9 Å². The van der Waals surface area contributed by atoms with Gasteiger partial charge in [-0.3, -0.25) is 9.79 Å². The van der Waals surface area contributed by atoms with Crippen molar-refractivity contribution in [3.63, 3.8) is 0 Å². The number of hydrogen-bond donors (Lipinski definition) is 3. The van der Waals surface area contributed by atoms with Gasteiger partial charge in [-0.2, -0.15) is 0 Å². The van der Waals surface area contributed by atoms with Crippen LogP contribution in [0.1, 0.15) is 24.4 Å². The molecule has 1 aromatic heterocycles. The fourth-order valence-electron chi connectivity index (χ4n) is 1.56. The molecule has 7 heteroatoms. The molecule has 3 N–H and O–H groups in total. The zero-order valence-corrected chi connectivity index (χ0v) is 12.6. The number of rotatable bonds is 9. The Hall–Kier alpha value is -2.02. The summed E-state index contributed by atoms with van der Waals surface area (Å²) >= 11 is 0. The summed E-state index contributed by atoms with van der Waals surface area (Å²) in [4.78, 5) is 16.0. The minimum absolute atomic E-state index is 0.222. The Morgan fingerprint density at radius 1 is 1.29 bits per heavy atom. The van der Waals surface area contributed by atoms with Crippen LogP contribution in [-0.4, -0.2) is 51.3 Å². The third-order valence-corrected chi connectivity index (χ3v) is 2.50. The molecule has 1 aromatic rings. The molecule has 1 rings (SSSR count). The normalized spacial score (nSPS) is 11.2. The number of nitrogens with zero attached hydrogens (tertiary/aromatic N) is 1. The highest BCUT2D eigenvalue weighted by atomic mass is 16.5. The van der Waals surface area contributed by atoms with Crippen molar-refractivity contribution in [1.82, 2.24) is 16.0 Å². The van der Waals surface area contributed by atoms with Crippen molar-refractivity contribution in [2.24, 2.45) is 4.99 Å². The van der Waals surface area contributed by atoms with Gasteiger partial charge in [-0.15, -0.1) is 0 Å². The fraction of sp³-hybridized carbons (Fsp3) is 0.571. The van der Waals surface area contributed by atoms with Crippen LogP contribution < -0.4 is 16.0 Å². The molecule has 0 fully saturated rings.